The molecule has 6 nitrogen and oxygen atoms in total. The molecule has 362 valence electrons. The van der Waals surface area contributed by atoms with E-state index in [4.69, 9.17) is 14.2 Å². The summed E-state index contributed by atoms with van der Waals surface area (Å²) in [5, 5.41) is 0. The first-order chi connectivity index (χ1) is 30.5. The molecule has 0 aromatic heterocycles. The third-order valence-corrected chi connectivity index (χ3v) is 11.8. The first-order valence-electron chi connectivity index (χ1n) is 27.0. The summed E-state index contributed by atoms with van der Waals surface area (Å²) in [6, 6.07) is 0. The second-order valence-corrected chi connectivity index (χ2v) is 18.1. The van der Waals surface area contributed by atoms with Crippen LogP contribution in [0.4, 0.5) is 0 Å². The van der Waals surface area contributed by atoms with Gasteiger partial charge in [0.2, 0.25) is 0 Å². The third kappa shape index (κ3) is 48.7. The molecule has 0 amide bonds. The molecule has 62 heavy (non-hydrogen) atoms. The fourth-order valence-electron chi connectivity index (χ4n) is 7.72. The molecule has 0 aromatic carbocycles. The first kappa shape index (κ1) is 59.6. The van der Waals surface area contributed by atoms with Crippen LogP contribution in [-0.2, 0) is 28.6 Å². The fourth-order valence-corrected chi connectivity index (χ4v) is 7.72. The minimum atomic E-state index is -0.784. The summed E-state index contributed by atoms with van der Waals surface area (Å²) in [4.78, 5) is 38.0. The minimum Gasteiger partial charge on any atom is -0.462 e. The van der Waals surface area contributed by atoms with Crippen LogP contribution in [0.5, 0.6) is 0 Å². The molecular weight excluding hydrogens is 769 g/mol. The molecule has 0 rings (SSSR count). The van der Waals surface area contributed by atoms with Gasteiger partial charge < -0.3 is 14.2 Å². The molecule has 0 spiro atoms. The second-order valence-electron chi connectivity index (χ2n) is 18.1. The van der Waals surface area contributed by atoms with Gasteiger partial charge in [-0.15, -0.1) is 0 Å². The molecule has 0 heterocycles. The van der Waals surface area contributed by atoms with Crippen LogP contribution in [0.15, 0.2) is 36.5 Å². The Morgan fingerprint density at radius 3 is 0.855 bits per heavy atom. The van der Waals surface area contributed by atoms with Crippen LogP contribution in [0.25, 0.3) is 0 Å². The summed E-state index contributed by atoms with van der Waals surface area (Å²) in [5.41, 5.74) is 0. The topological polar surface area (TPSA) is 78.9 Å². The van der Waals surface area contributed by atoms with E-state index in [1.54, 1.807) is 0 Å². The van der Waals surface area contributed by atoms with Gasteiger partial charge in [-0.2, -0.15) is 0 Å². The maximum absolute atomic E-state index is 12.8. The van der Waals surface area contributed by atoms with E-state index in [2.05, 4.69) is 57.2 Å². The quantitative estimate of drug-likeness (QED) is 0.0262. The highest BCUT2D eigenvalue weighted by atomic mass is 16.6. The highest BCUT2D eigenvalue weighted by Gasteiger charge is 2.19. The van der Waals surface area contributed by atoms with Gasteiger partial charge >= 0.3 is 17.9 Å². The van der Waals surface area contributed by atoms with Gasteiger partial charge in [-0.05, 0) is 96.3 Å². The largest absolute Gasteiger partial charge is 0.462 e. The molecule has 0 aliphatic rings. The van der Waals surface area contributed by atoms with Crippen LogP contribution in [0.2, 0.25) is 0 Å². The standard InChI is InChI=1S/C56H102O6/c1-4-7-10-13-16-19-22-25-27-28-29-30-32-34-37-40-43-46-49-55(58)61-52-53(51-60-54(57)48-45-42-39-36-33-24-21-18-15-12-9-6-3)62-56(59)50-47-44-41-38-35-31-26-23-20-17-14-11-8-5-2/h18,21,29-31,35,53H,4-17,19-20,22-28,32-34,36-52H2,1-3H3/b21-18-,30-29-,35-31-. The molecule has 0 fully saturated rings. The van der Waals surface area contributed by atoms with E-state index >= 15 is 0 Å². The van der Waals surface area contributed by atoms with Gasteiger partial charge in [-0.1, -0.05) is 205 Å². The molecule has 0 saturated heterocycles. The third-order valence-electron chi connectivity index (χ3n) is 11.8. The molecule has 0 aliphatic carbocycles. The van der Waals surface area contributed by atoms with E-state index < -0.39 is 6.10 Å². The molecule has 6 heteroatoms. The number of carbonyl (C=O) groups is 3. The van der Waals surface area contributed by atoms with Crippen LogP contribution in [-0.4, -0.2) is 37.2 Å². The van der Waals surface area contributed by atoms with Crippen LogP contribution in [0.1, 0.15) is 284 Å². The smallest absolute Gasteiger partial charge is 0.306 e. The summed E-state index contributed by atoms with van der Waals surface area (Å²) in [7, 11) is 0. The maximum atomic E-state index is 12.8. The summed E-state index contributed by atoms with van der Waals surface area (Å²) in [5.74, 6) is -0.906. The number of hydrogen-bond acceptors (Lipinski definition) is 6. The Morgan fingerprint density at radius 1 is 0.306 bits per heavy atom. The van der Waals surface area contributed by atoms with Crippen molar-refractivity contribution >= 4 is 17.9 Å². The Labute approximate surface area is 385 Å². The van der Waals surface area contributed by atoms with Gasteiger partial charge in [0, 0.05) is 19.3 Å². The van der Waals surface area contributed by atoms with Crippen molar-refractivity contribution < 1.29 is 28.6 Å². The van der Waals surface area contributed by atoms with Gasteiger partial charge in [0.25, 0.3) is 0 Å². The van der Waals surface area contributed by atoms with Gasteiger partial charge in [-0.3, -0.25) is 14.4 Å². The Kier molecular flexibility index (Phi) is 49.3. The van der Waals surface area contributed by atoms with E-state index in [1.807, 2.05) is 0 Å². The predicted molar refractivity (Wildman–Crippen MR) is 266 cm³/mol. The zero-order chi connectivity index (χ0) is 45.1. The van der Waals surface area contributed by atoms with Gasteiger partial charge in [0.05, 0.1) is 0 Å². The van der Waals surface area contributed by atoms with Crippen molar-refractivity contribution in [3.8, 4) is 0 Å². The summed E-state index contributed by atoms with van der Waals surface area (Å²) in [6.45, 7) is 6.60. The molecule has 0 radical (unpaired) electrons. The van der Waals surface area contributed by atoms with Gasteiger partial charge in [0.1, 0.15) is 13.2 Å². The number of ether oxygens (including phenoxy) is 3. The van der Waals surface area contributed by atoms with E-state index in [0.29, 0.717) is 19.3 Å². The van der Waals surface area contributed by atoms with Crippen molar-refractivity contribution in [1.29, 1.82) is 0 Å². The van der Waals surface area contributed by atoms with Crippen molar-refractivity contribution in [2.45, 2.75) is 290 Å². The normalized spacial score (nSPS) is 12.2. The Hall–Kier alpha value is -2.37. The molecule has 1 atom stereocenters. The SMILES string of the molecule is CCCCC/C=C\CCCCCCCC(=O)OCC(COC(=O)CCCCCCC/C=C\CCCCCCCCCCC)OC(=O)CCCCC/C=C\CCCCCCCCC. The molecule has 0 aliphatic heterocycles. The zero-order valence-electron chi connectivity index (χ0n) is 41.4. The van der Waals surface area contributed by atoms with Gasteiger partial charge in [0.15, 0.2) is 6.10 Å². The van der Waals surface area contributed by atoms with Crippen LogP contribution in [0, 0.1) is 0 Å². The average Bonchev–Trinajstić information content (AvgIpc) is 3.27. The summed E-state index contributed by atoms with van der Waals surface area (Å²) >= 11 is 0. The highest BCUT2D eigenvalue weighted by Crippen LogP contribution is 2.15. The molecule has 0 N–H and O–H groups in total. The Balaban J connectivity index is 4.36. The number of esters is 3. The van der Waals surface area contributed by atoms with Crippen LogP contribution in [0.3, 0.4) is 0 Å². The first-order valence-corrected chi connectivity index (χ1v) is 27.0. The molecule has 0 aromatic rings. The van der Waals surface area contributed by atoms with Crippen molar-refractivity contribution in [2.24, 2.45) is 0 Å². The number of carbonyl (C=O) groups excluding carboxylic acids is 3. The number of allylic oxidation sites excluding steroid dienone is 6. The van der Waals surface area contributed by atoms with Gasteiger partial charge in [-0.25, -0.2) is 0 Å². The summed E-state index contributed by atoms with van der Waals surface area (Å²) in [6.07, 6.45) is 59.9. The number of hydrogen-bond donors (Lipinski definition) is 0. The fraction of sp³-hybridized carbons (Fsp3) is 0.839. The molecule has 0 saturated carbocycles. The predicted octanol–water partition coefficient (Wildman–Crippen LogP) is 17.7. The second kappa shape index (κ2) is 51.3. The molecule has 0 bridgehead atoms. The summed E-state index contributed by atoms with van der Waals surface area (Å²) < 4.78 is 16.8. The lowest BCUT2D eigenvalue weighted by Crippen LogP contribution is -2.30. The monoisotopic (exact) mass is 871 g/mol. The highest BCUT2D eigenvalue weighted by molar-refractivity contribution is 5.71. The van der Waals surface area contributed by atoms with E-state index in [1.165, 1.54) is 161 Å². The number of unbranched alkanes of at least 4 members (excludes halogenated alkanes) is 32. The average molecular weight is 871 g/mol. The number of rotatable bonds is 49. The van der Waals surface area contributed by atoms with E-state index in [0.717, 1.165) is 83.5 Å². The Morgan fingerprint density at radius 2 is 0.532 bits per heavy atom. The maximum Gasteiger partial charge on any atom is 0.306 e. The van der Waals surface area contributed by atoms with Crippen molar-refractivity contribution in [3.63, 3.8) is 0 Å². The Bertz CT molecular complexity index is 1050. The lowest BCUT2D eigenvalue weighted by molar-refractivity contribution is -0.167. The zero-order valence-corrected chi connectivity index (χ0v) is 41.4. The lowest BCUT2D eigenvalue weighted by atomic mass is 10.1. The van der Waals surface area contributed by atoms with Crippen LogP contribution >= 0.6 is 0 Å². The lowest BCUT2D eigenvalue weighted by Gasteiger charge is -2.18. The van der Waals surface area contributed by atoms with Crippen molar-refractivity contribution in [1.82, 2.24) is 0 Å². The van der Waals surface area contributed by atoms with Crippen molar-refractivity contribution in [3.05, 3.63) is 36.5 Å². The molecule has 1 unspecified atom stereocenters. The van der Waals surface area contributed by atoms with E-state index in [9.17, 15) is 14.4 Å². The minimum absolute atomic E-state index is 0.0835. The van der Waals surface area contributed by atoms with E-state index in [-0.39, 0.29) is 31.1 Å². The molecular formula is C56H102O6. The van der Waals surface area contributed by atoms with Crippen LogP contribution < -0.4 is 0 Å². The van der Waals surface area contributed by atoms with Crippen molar-refractivity contribution in [2.75, 3.05) is 13.2 Å².